The first-order valence-electron chi connectivity index (χ1n) is 5.63. The van der Waals surface area contributed by atoms with Crippen molar-refractivity contribution in [3.05, 3.63) is 0 Å². The van der Waals surface area contributed by atoms with Crippen LogP contribution >= 0.6 is 0 Å². The van der Waals surface area contributed by atoms with Gasteiger partial charge in [-0.3, -0.25) is 4.79 Å². The standard InChI is InChI=1S/C10H18N2O3S/c1-10(3-4-11-7-10)9(13)12-8-2-5-16(14,15)6-8/h8,11H,2-7H2,1H3,(H,12,13). The molecule has 0 saturated carbocycles. The van der Waals surface area contributed by atoms with Crippen molar-refractivity contribution in [1.29, 1.82) is 0 Å². The molecule has 2 heterocycles. The lowest BCUT2D eigenvalue weighted by Gasteiger charge is -2.23. The average molecular weight is 246 g/mol. The number of nitrogens with one attached hydrogen (secondary N) is 2. The number of sulfone groups is 1. The maximum atomic E-state index is 12.0. The average Bonchev–Trinajstić information content (AvgIpc) is 2.74. The molecule has 6 heteroatoms. The number of hydrogen-bond donors (Lipinski definition) is 2. The molecule has 0 spiro atoms. The SMILES string of the molecule is CC1(C(=O)NC2CCS(=O)(=O)C2)CCNC1. The lowest BCUT2D eigenvalue weighted by atomic mass is 9.88. The molecule has 2 rings (SSSR count). The Labute approximate surface area is 95.9 Å². The Hall–Kier alpha value is -0.620. The highest BCUT2D eigenvalue weighted by Gasteiger charge is 2.38. The Morgan fingerprint density at radius 2 is 2.25 bits per heavy atom. The quantitative estimate of drug-likeness (QED) is 0.675. The van der Waals surface area contributed by atoms with Crippen molar-refractivity contribution in [2.75, 3.05) is 24.6 Å². The van der Waals surface area contributed by atoms with Crippen LogP contribution in [-0.2, 0) is 14.6 Å². The number of carbonyl (C=O) groups excluding carboxylic acids is 1. The van der Waals surface area contributed by atoms with E-state index in [9.17, 15) is 13.2 Å². The maximum Gasteiger partial charge on any atom is 0.227 e. The summed E-state index contributed by atoms with van der Waals surface area (Å²) in [7, 11) is -2.91. The summed E-state index contributed by atoms with van der Waals surface area (Å²) in [4.78, 5) is 12.0. The summed E-state index contributed by atoms with van der Waals surface area (Å²) in [5, 5.41) is 6.01. The van der Waals surface area contributed by atoms with Crippen LogP contribution in [0.1, 0.15) is 19.8 Å². The van der Waals surface area contributed by atoms with E-state index in [1.807, 2.05) is 6.92 Å². The van der Waals surface area contributed by atoms with Gasteiger partial charge in [-0.05, 0) is 26.3 Å². The molecule has 2 saturated heterocycles. The molecule has 0 aliphatic carbocycles. The van der Waals surface area contributed by atoms with E-state index < -0.39 is 9.84 Å². The highest BCUT2D eigenvalue weighted by molar-refractivity contribution is 7.91. The molecule has 0 aromatic carbocycles. The van der Waals surface area contributed by atoms with Gasteiger partial charge in [0.2, 0.25) is 5.91 Å². The van der Waals surface area contributed by atoms with Crippen molar-refractivity contribution in [2.45, 2.75) is 25.8 Å². The number of rotatable bonds is 2. The second-order valence-electron chi connectivity index (χ2n) is 5.06. The molecule has 5 nitrogen and oxygen atoms in total. The van der Waals surface area contributed by atoms with Crippen molar-refractivity contribution < 1.29 is 13.2 Å². The van der Waals surface area contributed by atoms with Gasteiger partial charge in [0.05, 0.1) is 16.9 Å². The van der Waals surface area contributed by atoms with Crippen molar-refractivity contribution in [3.8, 4) is 0 Å². The molecule has 92 valence electrons. The van der Waals surface area contributed by atoms with Crippen LogP contribution in [0.3, 0.4) is 0 Å². The van der Waals surface area contributed by atoms with Crippen molar-refractivity contribution in [1.82, 2.24) is 10.6 Å². The highest BCUT2D eigenvalue weighted by Crippen LogP contribution is 2.25. The van der Waals surface area contributed by atoms with Crippen LogP contribution in [0.4, 0.5) is 0 Å². The molecule has 2 aliphatic heterocycles. The Morgan fingerprint density at radius 1 is 1.50 bits per heavy atom. The molecule has 0 aromatic rings. The molecule has 2 atom stereocenters. The van der Waals surface area contributed by atoms with E-state index in [1.54, 1.807) is 0 Å². The predicted molar refractivity (Wildman–Crippen MR) is 60.8 cm³/mol. The van der Waals surface area contributed by atoms with Crippen molar-refractivity contribution >= 4 is 15.7 Å². The third-order valence-corrected chi connectivity index (χ3v) is 5.25. The van der Waals surface area contributed by atoms with Gasteiger partial charge < -0.3 is 10.6 Å². The summed E-state index contributed by atoms with van der Waals surface area (Å²) in [5.41, 5.74) is -0.369. The van der Waals surface area contributed by atoms with Gasteiger partial charge in [-0.2, -0.15) is 0 Å². The Morgan fingerprint density at radius 3 is 2.75 bits per heavy atom. The van der Waals surface area contributed by atoms with Gasteiger partial charge in [0.25, 0.3) is 0 Å². The minimum absolute atomic E-state index is 0.0143. The van der Waals surface area contributed by atoms with Gasteiger partial charge in [0.15, 0.2) is 9.84 Å². The summed E-state index contributed by atoms with van der Waals surface area (Å²) in [5.74, 6) is 0.286. The molecule has 0 radical (unpaired) electrons. The Bertz CT molecular complexity index is 385. The summed E-state index contributed by atoms with van der Waals surface area (Å²) >= 11 is 0. The Balaban J connectivity index is 1.93. The molecule has 2 N–H and O–H groups in total. The smallest absolute Gasteiger partial charge is 0.227 e. The fourth-order valence-electron chi connectivity index (χ4n) is 2.28. The topological polar surface area (TPSA) is 75.3 Å². The van der Waals surface area contributed by atoms with Crippen LogP contribution in [-0.4, -0.2) is 45.0 Å². The van der Waals surface area contributed by atoms with Crippen LogP contribution < -0.4 is 10.6 Å². The van der Waals surface area contributed by atoms with Gasteiger partial charge >= 0.3 is 0 Å². The zero-order valence-corrected chi connectivity index (χ0v) is 10.3. The monoisotopic (exact) mass is 246 g/mol. The molecule has 0 aromatic heterocycles. The van der Waals surface area contributed by atoms with E-state index in [-0.39, 0.29) is 28.9 Å². The molecule has 0 bridgehead atoms. The highest BCUT2D eigenvalue weighted by atomic mass is 32.2. The van der Waals surface area contributed by atoms with Crippen molar-refractivity contribution in [3.63, 3.8) is 0 Å². The van der Waals surface area contributed by atoms with Crippen LogP contribution in [0, 0.1) is 5.41 Å². The van der Waals surface area contributed by atoms with Gasteiger partial charge in [-0.15, -0.1) is 0 Å². The predicted octanol–water partition coefficient (Wildman–Crippen LogP) is -0.711. The first-order chi connectivity index (χ1) is 7.41. The summed E-state index contributed by atoms with van der Waals surface area (Å²) in [6, 6.07) is -0.185. The zero-order chi connectivity index (χ0) is 11.8. The van der Waals surface area contributed by atoms with E-state index in [0.29, 0.717) is 13.0 Å². The minimum atomic E-state index is -2.91. The molecular formula is C10H18N2O3S. The van der Waals surface area contributed by atoms with Crippen LogP contribution in [0.15, 0.2) is 0 Å². The molecule has 2 aliphatic rings. The first kappa shape index (κ1) is 11.9. The molecule has 2 fully saturated rings. The summed E-state index contributed by atoms with van der Waals surface area (Å²) in [6.07, 6.45) is 1.37. The van der Waals surface area contributed by atoms with E-state index >= 15 is 0 Å². The van der Waals surface area contributed by atoms with Crippen molar-refractivity contribution in [2.24, 2.45) is 5.41 Å². The van der Waals surface area contributed by atoms with Crippen LogP contribution in [0.5, 0.6) is 0 Å². The Kier molecular flexibility index (Phi) is 2.96. The first-order valence-corrected chi connectivity index (χ1v) is 7.46. The third kappa shape index (κ3) is 2.38. The van der Waals surface area contributed by atoms with Gasteiger partial charge in [0, 0.05) is 12.6 Å². The normalized spacial score (nSPS) is 37.4. The maximum absolute atomic E-state index is 12.0. The minimum Gasteiger partial charge on any atom is -0.352 e. The molecular weight excluding hydrogens is 228 g/mol. The van der Waals surface area contributed by atoms with Crippen LogP contribution in [0.2, 0.25) is 0 Å². The van der Waals surface area contributed by atoms with Crippen LogP contribution in [0.25, 0.3) is 0 Å². The lowest BCUT2D eigenvalue weighted by Crippen LogP contribution is -2.45. The fraction of sp³-hybridized carbons (Fsp3) is 0.900. The summed E-state index contributed by atoms with van der Waals surface area (Å²) < 4.78 is 22.5. The number of amides is 1. The summed E-state index contributed by atoms with van der Waals surface area (Å²) in [6.45, 7) is 3.46. The fourth-order valence-corrected chi connectivity index (χ4v) is 3.95. The number of hydrogen-bond acceptors (Lipinski definition) is 4. The van der Waals surface area contributed by atoms with E-state index in [1.165, 1.54) is 0 Å². The second kappa shape index (κ2) is 4.00. The third-order valence-electron chi connectivity index (χ3n) is 3.48. The van der Waals surface area contributed by atoms with Gasteiger partial charge in [0.1, 0.15) is 0 Å². The largest absolute Gasteiger partial charge is 0.352 e. The molecule has 2 unspecified atom stereocenters. The molecule has 1 amide bonds. The van der Waals surface area contributed by atoms with E-state index in [4.69, 9.17) is 0 Å². The second-order valence-corrected chi connectivity index (χ2v) is 7.29. The zero-order valence-electron chi connectivity index (χ0n) is 9.45. The van der Waals surface area contributed by atoms with E-state index in [2.05, 4.69) is 10.6 Å². The lowest BCUT2D eigenvalue weighted by molar-refractivity contribution is -0.129. The van der Waals surface area contributed by atoms with Gasteiger partial charge in [-0.25, -0.2) is 8.42 Å². The van der Waals surface area contributed by atoms with E-state index in [0.717, 1.165) is 13.0 Å². The van der Waals surface area contributed by atoms with Gasteiger partial charge in [-0.1, -0.05) is 0 Å². The molecule has 16 heavy (non-hydrogen) atoms. The number of carbonyl (C=O) groups is 1.